The first-order chi connectivity index (χ1) is 15.1. The van der Waals surface area contributed by atoms with E-state index < -0.39 is 0 Å². The molecule has 0 radical (unpaired) electrons. The second kappa shape index (κ2) is 8.75. The number of rotatable bonds is 4. The molecule has 166 valence electrons. The highest BCUT2D eigenvalue weighted by Crippen LogP contribution is 2.42. The number of hydrogen-bond acceptors (Lipinski definition) is 5. The molecule has 3 fully saturated rings. The van der Waals surface area contributed by atoms with Crippen molar-refractivity contribution in [3.8, 4) is 11.5 Å². The predicted octanol–water partition coefficient (Wildman–Crippen LogP) is 4.61. The molecule has 3 heterocycles. The zero-order valence-corrected chi connectivity index (χ0v) is 18.0. The molecule has 0 unspecified atom stereocenters. The smallest absolute Gasteiger partial charge is 0.167 e. The van der Waals surface area contributed by atoms with Gasteiger partial charge < -0.3 is 14.7 Å². The molecule has 2 aliphatic heterocycles. The monoisotopic (exact) mass is 425 g/mol. The van der Waals surface area contributed by atoms with E-state index in [2.05, 4.69) is 14.8 Å². The summed E-state index contributed by atoms with van der Waals surface area (Å²) in [6.07, 6.45) is 10.9. The van der Waals surface area contributed by atoms with E-state index in [-0.39, 0.29) is 17.7 Å². The van der Waals surface area contributed by atoms with Crippen LogP contribution in [0.2, 0.25) is 0 Å². The third-order valence-corrected chi connectivity index (χ3v) is 7.47. The lowest BCUT2D eigenvalue weighted by molar-refractivity contribution is 0.0770. The number of aliphatic hydroxyl groups is 1. The van der Waals surface area contributed by atoms with Gasteiger partial charge in [0.05, 0.1) is 6.10 Å². The van der Waals surface area contributed by atoms with Gasteiger partial charge in [0.25, 0.3) is 0 Å². The summed E-state index contributed by atoms with van der Waals surface area (Å²) < 4.78 is 20.5. The molecule has 1 aromatic heterocycles. The molecular formula is C25H32FN3O2. The molecule has 1 atom stereocenters. The molecule has 1 spiro atoms. The molecule has 0 bridgehead atoms. The Morgan fingerprint density at radius 3 is 2.58 bits per heavy atom. The molecule has 2 saturated heterocycles. The predicted molar refractivity (Wildman–Crippen MR) is 119 cm³/mol. The summed E-state index contributed by atoms with van der Waals surface area (Å²) in [6.45, 7) is 4.25. The maximum absolute atomic E-state index is 14.8. The topological polar surface area (TPSA) is 48.8 Å². The Morgan fingerprint density at radius 2 is 1.81 bits per heavy atom. The number of likely N-dealkylation sites (tertiary alicyclic amines) is 1. The number of anilines is 1. The van der Waals surface area contributed by atoms with Crippen LogP contribution in [-0.2, 0) is 0 Å². The first-order valence-electron chi connectivity index (χ1n) is 11.6. The normalized spacial score (nSPS) is 29.4. The largest absolute Gasteiger partial charge is 0.454 e. The van der Waals surface area contributed by atoms with Gasteiger partial charge in [-0.2, -0.15) is 0 Å². The summed E-state index contributed by atoms with van der Waals surface area (Å²) in [5.74, 6) is 0.496. The third kappa shape index (κ3) is 4.55. The maximum atomic E-state index is 14.8. The summed E-state index contributed by atoms with van der Waals surface area (Å²) in [6, 6.07) is 9.40. The highest BCUT2D eigenvalue weighted by molar-refractivity contribution is 5.51. The number of piperidine rings is 1. The number of aromatic nitrogens is 1. The Morgan fingerprint density at radius 1 is 1.00 bits per heavy atom. The van der Waals surface area contributed by atoms with Crippen molar-refractivity contribution < 1.29 is 14.2 Å². The number of hydrogen-bond donors (Lipinski definition) is 1. The fraction of sp³-hybridized carbons (Fsp3) is 0.560. The van der Waals surface area contributed by atoms with Crippen LogP contribution in [0.5, 0.6) is 11.5 Å². The second-order valence-corrected chi connectivity index (χ2v) is 9.61. The van der Waals surface area contributed by atoms with Gasteiger partial charge in [-0.3, -0.25) is 9.88 Å². The van der Waals surface area contributed by atoms with E-state index in [1.807, 2.05) is 6.07 Å². The molecule has 1 N–H and O–H groups in total. The van der Waals surface area contributed by atoms with E-state index in [9.17, 15) is 9.50 Å². The van der Waals surface area contributed by atoms with Crippen LogP contribution in [0.3, 0.4) is 0 Å². The van der Waals surface area contributed by atoms with E-state index in [4.69, 9.17) is 4.74 Å². The van der Waals surface area contributed by atoms with Crippen LogP contribution >= 0.6 is 0 Å². The minimum Gasteiger partial charge on any atom is -0.454 e. The van der Waals surface area contributed by atoms with Crippen molar-refractivity contribution in [1.82, 2.24) is 9.88 Å². The van der Waals surface area contributed by atoms with Crippen molar-refractivity contribution in [2.45, 2.75) is 57.1 Å². The van der Waals surface area contributed by atoms with Gasteiger partial charge in [0.2, 0.25) is 0 Å². The van der Waals surface area contributed by atoms with Crippen LogP contribution in [0, 0.1) is 11.2 Å². The molecule has 5 nitrogen and oxygen atoms in total. The van der Waals surface area contributed by atoms with E-state index >= 15 is 0 Å². The number of benzene rings is 1. The molecule has 1 aromatic carbocycles. The Kier molecular flexibility index (Phi) is 5.85. The summed E-state index contributed by atoms with van der Waals surface area (Å²) in [5.41, 5.74) is 1.25. The molecule has 0 amide bonds. The van der Waals surface area contributed by atoms with Crippen LogP contribution in [0.4, 0.5) is 10.1 Å². The van der Waals surface area contributed by atoms with Crippen LogP contribution in [0.15, 0.2) is 42.7 Å². The molecule has 1 aliphatic carbocycles. The van der Waals surface area contributed by atoms with Crippen molar-refractivity contribution in [2.75, 3.05) is 31.1 Å². The molecule has 2 aromatic rings. The van der Waals surface area contributed by atoms with Crippen molar-refractivity contribution in [3.05, 3.63) is 48.5 Å². The lowest BCUT2D eigenvalue weighted by Gasteiger charge is -2.42. The summed E-state index contributed by atoms with van der Waals surface area (Å²) >= 11 is 0. The van der Waals surface area contributed by atoms with Crippen LogP contribution in [0.1, 0.15) is 44.9 Å². The Labute approximate surface area is 183 Å². The van der Waals surface area contributed by atoms with E-state index in [0.29, 0.717) is 17.2 Å². The first kappa shape index (κ1) is 20.7. The van der Waals surface area contributed by atoms with Gasteiger partial charge in [-0.25, -0.2) is 4.39 Å². The number of nitrogens with zero attached hydrogens (tertiary/aromatic N) is 3. The van der Waals surface area contributed by atoms with Gasteiger partial charge in [0.15, 0.2) is 11.6 Å². The number of ether oxygens (including phenoxy) is 1. The molecular weight excluding hydrogens is 393 g/mol. The Balaban J connectivity index is 1.25. The average Bonchev–Trinajstić information content (AvgIpc) is 3.19. The van der Waals surface area contributed by atoms with E-state index in [1.54, 1.807) is 36.7 Å². The fourth-order valence-electron chi connectivity index (χ4n) is 5.77. The molecule has 31 heavy (non-hydrogen) atoms. The zero-order chi connectivity index (χ0) is 21.3. The molecule has 1 saturated carbocycles. The molecule has 3 aliphatic rings. The van der Waals surface area contributed by atoms with E-state index in [1.165, 1.54) is 12.8 Å². The van der Waals surface area contributed by atoms with Crippen LogP contribution in [0.25, 0.3) is 0 Å². The zero-order valence-electron chi connectivity index (χ0n) is 18.0. The minimum atomic E-state index is -0.331. The SMILES string of the molecule is OC1CCC(N2CC[C@]3(CCCN(c4ccc(Oc5ccncc5)c(F)c4)C3)C2)CC1. The summed E-state index contributed by atoms with van der Waals surface area (Å²) in [7, 11) is 0. The number of aliphatic hydroxyl groups excluding tert-OH is 1. The highest BCUT2D eigenvalue weighted by Gasteiger charge is 2.43. The maximum Gasteiger partial charge on any atom is 0.167 e. The van der Waals surface area contributed by atoms with Gasteiger partial charge >= 0.3 is 0 Å². The second-order valence-electron chi connectivity index (χ2n) is 9.61. The number of pyridine rings is 1. The van der Waals surface area contributed by atoms with Crippen molar-refractivity contribution >= 4 is 5.69 Å². The quantitative estimate of drug-likeness (QED) is 0.775. The summed E-state index contributed by atoms with van der Waals surface area (Å²) in [4.78, 5) is 8.99. The molecule has 6 heteroatoms. The highest BCUT2D eigenvalue weighted by atomic mass is 19.1. The minimum absolute atomic E-state index is 0.0987. The molecule has 5 rings (SSSR count). The van der Waals surface area contributed by atoms with E-state index in [0.717, 1.165) is 64.0 Å². The standard InChI is InChI=1S/C25H32FN3O2/c26-23-16-20(4-7-24(23)31-22-8-12-27-13-9-22)28-14-1-10-25(17-28)11-15-29(18-25)19-2-5-21(30)6-3-19/h4,7-9,12-13,16,19,21,30H,1-3,5-6,10-11,14-15,17-18H2/t19?,21?,25-/m0/s1. The average molecular weight is 426 g/mol. The van der Waals surface area contributed by atoms with Gasteiger partial charge in [-0.15, -0.1) is 0 Å². The van der Waals surface area contributed by atoms with Crippen molar-refractivity contribution in [3.63, 3.8) is 0 Å². The first-order valence-corrected chi connectivity index (χ1v) is 11.6. The van der Waals surface area contributed by atoms with Gasteiger partial charge in [0.1, 0.15) is 5.75 Å². The Hall–Kier alpha value is -2.18. The third-order valence-electron chi connectivity index (χ3n) is 7.47. The van der Waals surface area contributed by atoms with Crippen LogP contribution in [-0.4, -0.2) is 53.3 Å². The lowest BCUT2D eigenvalue weighted by Crippen LogP contribution is -2.46. The number of halogens is 1. The van der Waals surface area contributed by atoms with Gasteiger partial charge in [-0.05, 0) is 75.8 Å². The fourth-order valence-corrected chi connectivity index (χ4v) is 5.77. The lowest BCUT2D eigenvalue weighted by atomic mass is 9.79. The van der Waals surface area contributed by atoms with Gasteiger partial charge in [0, 0.05) is 55.2 Å². The Bertz CT molecular complexity index is 888. The van der Waals surface area contributed by atoms with Crippen molar-refractivity contribution in [1.29, 1.82) is 0 Å². The summed E-state index contributed by atoms with van der Waals surface area (Å²) in [5, 5.41) is 9.83. The van der Waals surface area contributed by atoms with Crippen molar-refractivity contribution in [2.24, 2.45) is 5.41 Å². The van der Waals surface area contributed by atoms with Crippen LogP contribution < -0.4 is 9.64 Å². The van der Waals surface area contributed by atoms with Gasteiger partial charge in [-0.1, -0.05) is 0 Å².